The van der Waals surface area contributed by atoms with Crippen molar-refractivity contribution in [1.82, 2.24) is 10.2 Å². The number of hydrogen-bond donors (Lipinski definition) is 1. The molecular formula is C19H16BrClN2O3. The lowest BCUT2D eigenvalue weighted by Crippen LogP contribution is -2.30. The van der Waals surface area contributed by atoms with Crippen LogP contribution in [0, 0.1) is 6.92 Å². The van der Waals surface area contributed by atoms with Crippen LogP contribution in [-0.4, -0.2) is 23.9 Å². The van der Waals surface area contributed by atoms with Gasteiger partial charge in [0.25, 0.3) is 5.91 Å². The summed E-state index contributed by atoms with van der Waals surface area (Å²) in [5.41, 5.74) is 2.88. The zero-order chi connectivity index (χ0) is 18.8. The lowest BCUT2D eigenvalue weighted by molar-refractivity contribution is -0.123. The van der Waals surface area contributed by atoms with Gasteiger partial charge in [-0.25, -0.2) is 4.79 Å². The lowest BCUT2D eigenvalue weighted by atomic mass is 10.1. The summed E-state index contributed by atoms with van der Waals surface area (Å²) in [6.07, 6.45) is 1.59. The van der Waals surface area contributed by atoms with E-state index in [0.717, 1.165) is 11.1 Å². The Hall–Kier alpha value is -2.31. The normalized spacial score (nSPS) is 15.5. The molecule has 26 heavy (non-hydrogen) atoms. The first-order valence-electron chi connectivity index (χ1n) is 7.82. The van der Waals surface area contributed by atoms with Crippen molar-refractivity contribution in [2.24, 2.45) is 0 Å². The van der Waals surface area contributed by atoms with Gasteiger partial charge in [0.15, 0.2) is 5.75 Å². The SMILES string of the molecule is COc1c(Cl)cc(/C=C2/NC(=O)N(Cc3ccc(C)cc3)C2=O)cc1Br. The van der Waals surface area contributed by atoms with Crippen LogP contribution in [0.2, 0.25) is 5.02 Å². The molecule has 7 heteroatoms. The minimum atomic E-state index is -0.444. The van der Waals surface area contributed by atoms with E-state index >= 15 is 0 Å². The quantitative estimate of drug-likeness (QED) is 0.568. The first-order valence-corrected chi connectivity index (χ1v) is 8.99. The molecule has 0 aromatic heterocycles. The lowest BCUT2D eigenvalue weighted by Gasteiger charge is -2.11. The molecule has 1 saturated heterocycles. The number of carbonyl (C=O) groups is 2. The highest BCUT2D eigenvalue weighted by molar-refractivity contribution is 9.10. The highest BCUT2D eigenvalue weighted by Crippen LogP contribution is 2.34. The topological polar surface area (TPSA) is 58.6 Å². The van der Waals surface area contributed by atoms with Crippen molar-refractivity contribution in [3.63, 3.8) is 0 Å². The second kappa shape index (κ2) is 7.51. The molecule has 0 atom stereocenters. The van der Waals surface area contributed by atoms with E-state index in [1.54, 1.807) is 18.2 Å². The van der Waals surface area contributed by atoms with Crippen LogP contribution in [-0.2, 0) is 11.3 Å². The van der Waals surface area contributed by atoms with Gasteiger partial charge in [-0.3, -0.25) is 9.69 Å². The molecule has 1 fully saturated rings. The van der Waals surface area contributed by atoms with E-state index in [1.807, 2.05) is 31.2 Å². The predicted octanol–water partition coefficient (Wildman–Crippen LogP) is 4.51. The first kappa shape index (κ1) is 18.5. The fourth-order valence-corrected chi connectivity index (χ4v) is 3.67. The fourth-order valence-electron chi connectivity index (χ4n) is 2.62. The molecule has 0 aliphatic carbocycles. The third-order valence-corrected chi connectivity index (χ3v) is 4.83. The minimum absolute atomic E-state index is 0.204. The van der Waals surface area contributed by atoms with E-state index in [4.69, 9.17) is 16.3 Å². The van der Waals surface area contributed by atoms with E-state index in [1.165, 1.54) is 12.0 Å². The average Bonchev–Trinajstić information content (AvgIpc) is 2.84. The number of amides is 3. The summed E-state index contributed by atoms with van der Waals surface area (Å²) in [6.45, 7) is 2.20. The molecule has 0 spiro atoms. The summed E-state index contributed by atoms with van der Waals surface area (Å²) < 4.78 is 5.85. The van der Waals surface area contributed by atoms with Gasteiger partial charge in [-0.2, -0.15) is 0 Å². The van der Waals surface area contributed by atoms with E-state index in [-0.39, 0.29) is 18.1 Å². The van der Waals surface area contributed by atoms with Gasteiger partial charge in [-0.05, 0) is 52.2 Å². The second-order valence-electron chi connectivity index (χ2n) is 5.88. The Bertz CT molecular complexity index is 886. The van der Waals surface area contributed by atoms with Crippen molar-refractivity contribution >= 4 is 45.5 Å². The van der Waals surface area contributed by atoms with Crippen LogP contribution in [0.4, 0.5) is 4.79 Å². The highest BCUT2D eigenvalue weighted by Gasteiger charge is 2.33. The van der Waals surface area contributed by atoms with Gasteiger partial charge in [0, 0.05) is 0 Å². The van der Waals surface area contributed by atoms with Crippen molar-refractivity contribution in [2.75, 3.05) is 7.11 Å². The third-order valence-electron chi connectivity index (χ3n) is 3.96. The van der Waals surface area contributed by atoms with Crippen LogP contribution in [0.15, 0.2) is 46.6 Å². The van der Waals surface area contributed by atoms with Crippen molar-refractivity contribution in [1.29, 1.82) is 0 Å². The van der Waals surface area contributed by atoms with Gasteiger partial charge in [0.05, 0.1) is 23.1 Å². The number of aryl methyl sites for hydroxylation is 1. The number of rotatable bonds is 4. The van der Waals surface area contributed by atoms with E-state index in [9.17, 15) is 9.59 Å². The van der Waals surface area contributed by atoms with E-state index < -0.39 is 6.03 Å². The molecular weight excluding hydrogens is 420 g/mol. The maximum Gasteiger partial charge on any atom is 0.329 e. The maximum atomic E-state index is 12.6. The molecule has 1 heterocycles. The standard InChI is InChI=1S/C19H16BrClN2O3/c1-11-3-5-12(6-4-11)10-23-18(24)16(22-19(23)25)9-13-7-14(20)17(26-2)15(21)8-13/h3-9H,10H2,1-2H3,(H,22,25)/b16-9+. The molecule has 1 aliphatic rings. The van der Waals surface area contributed by atoms with Gasteiger partial charge in [-0.1, -0.05) is 41.4 Å². The smallest absolute Gasteiger partial charge is 0.329 e. The number of nitrogens with one attached hydrogen (secondary N) is 1. The summed E-state index contributed by atoms with van der Waals surface area (Å²) in [4.78, 5) is 26.0. The molecule has 3 amide bonds. The molecule has 0 saturated carbocycles. The number of urea groups is 1. The molecule has 0 bridgehead atoms. The number of imide groups is 1. The summed E-state index contributed by atoms with van der Waals surface area (Å²) >= 11 is 9.54. The highest BCUT2D eigenvalue weighted by atomic mass is 79.9. The van der Waals surface area contributed by atoms with Gasteiger partial charge in [0.2, 0.25) is 0 Å². The Morgan fingerprint density at radius 2 is 1.92 bits per heavy atom. The van der Waals surface area contributed by atoms with Gasteiger partial charge in [-0.15, -0.1) is 0 Å². The Kier molecular flexibility index (Phi) is 5.34. The van der Waals surface area contributed by atoms with Crippen LogP contribution in [0.25, 0.3) is 6.08 Å². The van der Waals surface area contributed by atoms with Gasteiger partial charge >= 0.3 is 6.03 Å². The van der Waals surface area contributed by atoms with Crippen LogP contribution in [0.5, 0.6) is 5.75 Å². The second-order valence-corrected chi connectivity index (χ2v) is 7.14. The van der Waals surface area contributed by atoms with Crippen LogP contribution >= 0.6 is 27.5 Å². The maximum absolute atomic E-state index is 12.6. The largest absolute Gasteiger partial charge is 0.494 e. The van der Waals surface area contributed by atoms with E-state index in [2.05, 4.69) is 21.2 Å². The monoisotopic (exact) mass is 434 g/mol. The number of ether oxygens (including phenoxy) is 1. The number of benzene rings is 2. The van der Waals surface area contributed by atoms with Crippen molar-refractivity contribution < 1.29 is 14.3 Å². The zero-order valence-electron chi connectivity index (χ0n) is 14.2. The fraction of sp³-hybridized carbons (Fsp3) is 0.158. The van der Waals surface area contributed by atoms with Crippen molar-refractivity contribution in [3.05, 3.63) is 68.3 Å². The predicted molar refractivity (Wildman–Crippen MR) is 104 cm³/mol. The number of nitrogens with zero attached hydrogens (tertiary/aromatic N) is 1. The molecule has 134 valence electrons. The van der Waals surface area contributed by atoms with Crippen molar-refractivity contribution in [3.8, 4) is 5.75 Å². The minimum Gasteiger partial charge on any atom is -0.494 e. The Morgan fingerprint density at radius 1 is 1.23 bits per heavy atom. The average molecular weight is 436 g/mol. The molecule has 2 aromatic carbocycles. The van der Waals surface area contributed by atoms with Crippen molar-refractivity contribution in [2.45, 2.75) is 13.5 Å². The molecule has 0 unspecified atom stereocenters. The molecule has 0 radical (unpaired) electrons. The number of hydrogen-bond acceptors (Lipinski definition) is 3. The Balaban J connectivity index is 1.84. The summed E-state index contributed by atoms with van der Waals surface area (Å²) in [5, 5.41) is 3.01. The molecule has 1 aliphatic heterocycles. The zero-order valence-corrected chi connectivity index (χ0v) is 16.5. The summed E-state index contributed by atoms with van der Waals surface area (Å²) in [7, 11) is 1.52. The Labute approximate surface area is 164 Å². The summed E-state index contributed by atoms with van der Waals surface area (Å²) in [6, 6.07) is 10.7. The molecule has 5 nitrogen and oxygen atoms in total. The third kappa shape index (κ3) is 3.76. The molecule has 3 rings (SSSR count). The number of halogens is 2. The Morgan fingerprint density at radius 3 is 2.54 bits per heavy atom. The van der Waals surface area contributed by atoms with Gasteiger partial charge < -0.3 is 10.1 Å². The van der Waals surface area contributed by atoms with Gasteiger partial charge in [0.1, 0.15) is 5.70 Å². The van der Waals surface area contributed by atoms with Crippen LogP contribution < -0.4 is 10.1 Å². The van der Waals surface area contributed by atoms with E-state index in [0.29, 0.717) is 20.8 Å². The molecule has 1 N–H and O–H groups in total. The summed E-state index contributed by atoms with van der Waals surface area (Å²) in [5.74, 6) is 0.134. The first-order chi connectivity index (χ1) is 12.4. The number of methoxy groups -OCH3 is 1. The van der Waals surface area contributed by atoms with Crippen LogP contribution in [0.3, 0.4) is 0 Å². The van der Waals surface area contributed by atoms with Crippen LogP contribution in [0.1, 0.15) is 16.7 Å². The molecule has 2 aromatic rings. The number of carbonyl (C=O) groups excluding carboxylic acids is 2.